The molecule has 7 heteroatoms. The Kier molecular flexibility index (Phi) is 5.81. The number of allylic oxidation sites excluding steroid dienone is 2. The molecule has 0 saturated heterocycles. The minimum absolute atomic E-state index is 0.0778. The van der Waals surface area contributed by atoms with Crippen LogP contribution in [0.2, 0.25) is 0 Å². The van der Waals surface area contributed by atoms with Crippen molar-refractivity contribution in [2.75, 3.05) is 0 Å². The van der Waals surface area contributed by atoms with Crippen molar-refractivity contribution in [2.24, 2.45) is 0 Å². The van der Waals surface area contributed by atoms with E-state index < -0.39 is 4.92 Å². The molecule has 0 atom stereocenters. The Morgan fingerprint density at radius 2 is 2.15 bits per heavy atom. The molecule has 0 aliphatic rings. The lowest BCUT2D eigenvalue weighted by Gasteiger charge is -1.97. The van der Waals surface area contributed by atoms with Crippen molar-refractivity contribution >= 4 is 12.0 Å². The van der Waals surface area contributed by atoms with E-state index >= 15 is 0 Å². The summed E-state index contributed by atoms with van der Waals surface area (Å²) in [6.07, 6.45) is 2.22. The first-order valence-electron chi connectivity index (χ1n) is 2.95. The summed E-state index contributed by atoms with van der Waals surface area (Å²) in [6.45, 7) is 6.56. The quantitative estimate of drug-likeness (QED) is 0.234. The van der Waals surface area contributed by atoms with Crippen LogP contribution in [0.4, 0.5) is 0 Å². The minimum atomic E-state index is -0.655. The van der Waals surface area contributed by atoms with E-state index in [9.17, 15) is 10.1 Å². The molecular formula is C6H7NO5S. The molecule has 0 saturated carbocycles. The Bertz CT molecular complexity index is 249. The summed E-state index contributed by atoms with van der Waals surface area (Å²) in [5.74, 6) is 0. The molecule has 0 bridgehead atoms. The van der Waals surface area contributed by atoms with Crippen LogP contribution in [-0.2, 0) is 9.37 Å². The van der Waals surface area contributed by atoms with Gasteiger partial charge in [0.05, 0.1) is 17.0 Å². The molecule has 0 aromatic carbocycles. The largest absolute Gasteiger partial charge is 0.284 e. The van der Waals surface area contributed by atoms with Gasteiger partial charge in [-0.2, -0.15) is 0 Å². The van der Waals surface area contributed by atoms with Crippen LogP contribution in [0.1, 0.15) is 0 Å². The topological polar surface area (TPSA) is 81.8 Å². The van der Waals surface area contributed by atoms with Crippen LogP contribution in [-0.4, -0.2) is 10.2 Å². The Hall–Kier alpha value is -1.15. The molecule has 0 spiro atoms. The second kappa shape index (κ2) is 6.38. The van der Waals surface area contributed by atoms with Gasteiger partial charge in [-0.05, 0) is 6.08 Å². The van der Waals surface area contributed by atoms with E-state index in [2.05, 4.69) is 22.5 Å². The van der Waals surface area contributed by atoms with Crippen LogP contribution >= 0.6 is 12.0 Å². The van der Waals surface area contributed by atoms with E-state index in [1.54, 1.807) is 0 Å². The van der Waals surface area contributed by atoms with Crippen molar-refractivity contribution in [1.29, 1.82) is 0 Å². The van der Waals surface area contributed by atoms with E-state index in [-0.39, 0.29) is 10.6 Å². The molecule has 0 aromatic rings. The highest BCUT2D eigenvalue weighted by atomic mass is 32.2. The second-order valence-corrected chi connectivity index (χ2v) is 2.38. The summed E-state index contributed by atoms with van der Waals surface area (Å²) in [6, 6.07) is 0. The first-order valence-corrected chi connectivity index (χ1v) is 3.69. The van der Waals surface area contributed by atoms with Gasteiger partial charge in [0.25, 0.3) is 5.70 Å². The van der Waals surface area contributed by atoms with Crippen molar-refractivity contribution in [1.82, 2.24) is 0 Å². The maximum Gasteiger partial charge on any atom is 0.284 e. The van der Waals surface area contributed by atoms with Crippen molar-refractivity contribution in [3.8, 4) is 0 Å². The molecule has 1 N–H and O–H groups in total. The van der Waals surface area contributed by atoms with Crippen molar-refractivity contribution in [3.63, 3.8) is 0 Å². The molecule has 6 nitrogen and oxygen atoms in total. The van der Waals surface area contributed by atoms with Gasteiger partial charge >= 0.3 is 0 Å². The van der Waals surface area contributed by atoms with Crippen molar-refractivity contribution < 1.29 is 19.6 Å². The predicted octanol–water partition coefficient (Wildman–Crippen LogP) is 1.92. The average Bonchev–Trinajstić information content (AvgIpc) is 2.11. The number of nitrogens with zero attached hydrogens (tertiary/aromatic N) is 1. The van der Waals surface area contributed by atoms with Crippen LogP contribution in [0.5, 0.6) is 0 Å². The Morgan fingerprint density at radius 1 is 1.54 bits per heavy atom. The highest BCUT2D eigenvalue weighted by Gasteiger charge is 2.13. The predicted molar refractivity (Wildman–Crippen MR) is 46.8 cm³/mol. The van der Waals surface area contributed by atoms with Gasteiger partial charge in [0.15, 0.2) is 0 Å². The van der Waals surface area contributed by atoms with Gasteiger partial charge in [-0.25, -0.2) is 5.26 Å². The van der Waals surface area contributed by atoms with E-state index in [0.29, 0.717) is 12.0 Å². The highest BCUT2D eigenvalue weighted by Crippen LogP contribution is 2.22. The summed E-state index contributed by atoms with van der Waals surface area (Å²) in [4.78, 5) is 9.77. The van der Waals surface area contributed by atoms with Crippen LogP contribution in [0.3, 0.4) is 0 Å². The number of nitro groups is 1. The van der Waals surface area contributed by atoms with Gasteiger partial charge in [-0.3, -0.25) is 10.1 Å². The van der Waals surface area contributed by atoms with Crippen molar-refractivity contribution in [3.05, 3.63) is 46.0 Å². The lowest BCUT2D eigenvalue weighted by molar-refractivity contribution is -0.432. The van der Waals surface area contributed by atoms with Gasteiger partial charge < -0.3 is 0 Å². The molecule has 0 aliphatic heterocycles. The summed E-state index contributed by atoms with van der Waals surface area (Å²) < 4.78 is 4.01. The molecule has 0 radical (unpaired) electrons. The fourth-order valence-electron chi connectivity index (χ4n) is 0.498. The number of rotatable bonds is 6. The van der Waals surface area contributed by atoms with E-state index in [1.807, 2.05) is 0 Å². The van der Waals surface area contributed by atoms with Gasteiger partial charge in [-0.1, -0.05) is 18.2 Å². The van der Waals surface area contributed by atoms with E-state index in [4.69, 9.17) is 5.26 Å². The molecule has 0 unspecified atom stereocenters. The summed E-state index contributed by atoms with van der Waals surface area (Å²) in [7, 11) is 0. The summed E-state index contributed by atoms with van der Waals surface area (Å²) in [5.41, 5.74) is -0.281. The molecule has 0 heterocycles. The zero-order valence-corrected chi connectivity index (χ0v) is 7.32. The Balaban J connectivity index is 4.71. The smallest absolute Gasteiger partial charge is 0.258 e. The molecule has 13 heavy (non-hydrogen) atoms. The first kappa shape index (κ1) is 11.8. The van der Waals surface area contributed by atoms with Gasteiger partial charge in [0, 0.05) is 6.08 Å². The number of hydrogen-bond acceptors (Lipinski definition) is 6. The maximum atomic E-state index is 10.4. The lowest BCUT2D eigenvalue weighted by Crippen LogP contribution is -1.98. The minimum Gasteiger partial charge on any atom is -0.258 e. The van der Waals surface area contributed by atoms with Crippen LogP contribution in [0.15, 0.2) is 35.9 Å². The zero-order valence-electron chi connectivity index (χ0n) is 6.50. The number of hydrogen-bond donors (Lipinski definition) is 1. The standard InChI is InChI=1S/C6H7NO5S/c1-3-5(7(8)9)6(4-2)13-12-11-10/h3-4,10H,1-2H2/b6-5-. The van der Waals surface area contributed by atoms with Gasteiger partial charge in [0.1, 0.15) is 4.91 Å². The summed E-state index contributed by atoms with van der Waals surface area (Å²) in [5, 5.41) is 21.4. The second-order valence-electron chi connectivity index (χ2n) is 1.64. The van der Waals surface area contributed by atoms with Crippen LogP contribution in [0, 0.1) is 10.1 Å². The molecule has 0 aromatic heterocycles. The van der Waals surface area contributed by atoms with Gasteiger partial charge in [-0.15, -0.1) is 4.33 Å². The fourth-order valence-corrected chi connectivity index (χ4v) is 0.913. The molecule has 0 rings (SSSR count). The molecule has 0 aliphatic carbocycles. The zero-order chi connectivity index (χ0) is 10.3. The summed E-state index contributed by atoms with van der Waals surface area (Å²) >= 11 is 0.459. The van der Waals surface area contributed by atoms with E-state index in [1.165, 1.54) is 6.08 Å². The normalized spacial score (nSPS) is 11.8. The van der Waals surface area contributed by atoms with Crippen LogP contribution in [0.25, 0.3) is 0 Å². The molecular weight excluding hydrogens is 198 g/mol. The fraction of sp³-hybridized carbons (Fsp3) is 0. The van der Waals surface area contributed by atoms with Gasteiger partial charge in [0.2, 0.25) is 0 Å². The Morgan fingerprint density at radius 3 is 2.46 bits per heavy atom. The molecule has 0 fully saturated rings. The Labute approximate surface area is 78.4 Å². The highest BCUT2D eigenvalue weighted by molar-refractivity contribution is 7.98. The first-order chi connectivity index (χ1) is 6.17. The third kappa shape index (κ3) is 3.85. The monoisotopic (exact) mass is 205 g/mol. The SMILES string of the molecule is C=C/C(SOOO)=C(\C=C)[N+](=O)[O-]. The molecule has 0 amide bonds. The maximum absolute atomic E-state index is 10.4. The van der Waals surface area contributed by atoms with E-state index in [0.717, 1.165) is 6.08 Å². The molecule has 72 valence electrons. The van der Waals surface area contributed by atoms with Crippen LogP contribution < -0.4 is 0 Å². The van der Waals surface area contributed by atoms with Crippen molar-refractivity contribution in [2.45, 2.75) is 0 Å². The third-order valence-corrected chi connectivity index (χ3v) is 1.67. The average molecular weight is 205 g/mol. The lowest BCUT2D eigenvalue weighted by atomic mass is 10.4. The third-order valence-electron chi connectivity index (χ3n) is 0.982.